The minimum Gasteiger partial charge on any atom is -0.311 e. The average molecular weight is 290 g/mol. The van der Waals surface area contributed by atoms with Crippen LogP contribution in [0.5, 0.6) is 0 Å². The summed E-state index contributed by atoms with van der Waals surface area (Å²) in [6.07, 6.45) is 6.25. The maximum atomic E-state index is 3.72. The van der Waals surface area contributed by atoms with E-state index in [4.69, 9.17) is 0 Å². The summed E-state index contributed by atoms with van der Waals surface area (Å²) in [5, 5.41) is 3.72. The van der Waals surface area contributed by atoms with Crippen LogP contribution in [0, 0.1) is 0 Å². The lowest BCUT2D eigenvalue weighted by molar-refractivity contribution is 0.139. The predicted octanol–water partition coefficient (Wildman–Crippen LogP) is 2.79. The van der Waals surface area contributed by atoms with Crippen molar-refractivity contribution in [3.63, 3.8) is 0 Å². The Morgan fingerprint density at radius 2 is 2.05 bits per heavy atom. The van der Waals surface area contributed by atoms with Gasteiger partial charge >= 0.3 is 0 Å². The van der Waals surface area contributed by atoms with Crippen LogP contribution in [0.4, 0.5) is 0 Å². The number of benzene rings is 1. The lowest BCUT2D eigenvalue weighted by Gasteiger charge is -2.40. The number of piperazine rings is 1. The van der Waals surface area contributed by atoms with Gasteiger partial charge in [0.2, 0.25) is 0 Å². The second-order valence-corrected chi connectivity index (χ2v) is 7.73. The molecule has 1 N–H and O–H groups in total. The van der Waals surface area contributed by atoms with E-state index in [1.807, 2.05) is 0 Å². The molecule has 1 aromatic rings. The third-order valence-electron chi connectivity index (χ3n) is 4.84. The summed E-state index contributed by atoms with van der Waals surface area (Å²) in [7, 11) is 0. The molecule has 2 unspecified atom stereocenters. The minimum absolute atomic E-state index is 0.586. The van der Waals surface area contributed by atoms with Gasteiger partial charge in [-0.2, -0.15) is 11.8 Å². The van der Waals surface area contributed by atoms with Gasteiger partial charge in [0, 0.05) is 36.5 Å². The van der Waals surface area contributed by atoms with Gasteiger partial charge in [0.1, 0.15) is 0 Å². The van der Waals surface area contributed by atoms with Crippen LogP contribution in [0.1, 0.15) is 25.3 Å². The molecule has 0 spiro atoms. The van der Waals surface area contributed by atoms with E-state index in [0.29, 0.717) is 16.8 Å². The van der Waals surface area contributed by atoms with Crippen molar-refractivity contribution in [1.82, 2.24) is 10.2 Å². The van der Waals surface area contributed by atoms with Crippen molar-refractivity contribution >= 4 is 11.8 Å². The first kappa shape index (κ1) is 14.4. The summed E-state index contributed by atoms with van der Waals surface area (Å²) in [4.78, 5) is 2.72. The number of hydrogen-bond donors (Lipinski definition) is 1. The second kappa shape index (κ2) is 6.08. The smallest absolute Gasteiger partial charge is 0.0285 e. The zero-order chi connectivity index (χ0) is 14.0. The summed E-state index contributed by atoms with van der Waals surface area (Å²) in [6.45, 7) is 5.96. The van der Waals surface area contributed by atoms with Gasteiger partial charge in [0.15, 0.2) is 0 Å². The molecule has 0 radical (unpaired) electrons. The number of nitrogens with one attached hydrogen (secondary N) is 1. The summed E-state index contributed by atoms with van der Waals surface area (Å²) in [5.41, 5.74) is 1.45. The maximum Gasteiger partial charge on any atom is 0.0285 e. The van der Waals surface area contributed by atoms with Gasteiger partial charge < -0.3 is 5.32 Å². The first-order valence-corrected chi connectivity index (χ1v) is 9.00. The van der Waals surface area contributed by atoms with Gasteiger partial charge in [-0.15, -0.1) is 0 Å². The van der Waals surface area contributed by atoms with Gasteiger partial charge in [0.25, 0.3) is 0 Å². The van der Waals surface area contributed by atoms with E-state index in [1.165, 1.54) is 31.5 Å². The molecular formula is C17H26N2S. The lowest BCUT2D eigenvalue weighted by atomic mass is 10.0. The number of thioether (sulfide) groups is 1. The van der Waals surface area contributed by atoms with Gasteiger partial charge in [-0.05, 0) is 38.0 Å². The molecule has 0 amide bonds. The van der Waals surface area contributed by atoms with E-state index in [-0.39, 0.29) is 0 Å². The molecule has 3 heteroatoms. The Balaban J connectivity index is 1.58. The van der Waals surface area contributed by atoms with E-state index in [2.05, 4.69) is 65.5 Å². The molecule has 2 atom stereocenters. The van der Waals surface area contributed by atoms with Crippen LogP contribution >= 0.6 is 11.8 Å². The van der Waals surface area contributed by atoms with Crippen molar-refractivity contribution in [3.8, 4) is 0 Å². The molecule has 1 aromatic carbocycles. The number of nitrogens with zero attached hydrogens (tertiary/aromatic N) is 1. The van der Waals surface area contributed by atoms with Crippen LogP contribution in [-0.2, 0) is 6.42 Å². The molecule has 1 aliphatic heterocycles. The molecule has 2 aliphatic rings. The highest BCUT2D eigenvalue weighted by Crippen LogP contribution is 2.48. The van der Waals surface area contributed by atoms with Crippen LogP contribution in [0.3, 0.4) is 0 Å². The van der Waals surface area contributed by atoms with Crippen LogP contribution < -0.4 is 5.32 Å². The van der Waals surface area contributed by atoms with E-state index < -0.39 is 0 Å². The topological polar surface area (TPSA) is 15.3 Å². The van der Waals surface area contributed by atoms with Crippen molar-refractivity contribution < 1.29 is 0 Å². The standard InChI is InChI=1S/C17H26N2S/c1-14-11-18-16(10-15-6-4-3-5-7-15)12-19(14)13-17(20-2)8-9-17/h3-7,14,16,18H,8-13H2,1-2H3. The fourth-order valence-electron chi connectivity index (χ4n) is 3.19. The molecule has 3 rings (SSSR count). The van der Waals surface area contributed by atoms with Crippen molar-refractivity contribution in [2.45, 2.75) is 43.0 Å². The summed E-state index contributed by atoms with van der Waals surface area (Å²) >= 11 is 2.08. The summed E-state index contributed by atoms with van der Waals surface area (Å²) in [5.74, 6) is 0. The summed E-state index contributed by atoms with van der Waals surface area (Å²) < 4.78 is 0.586. The Bertz CT molecular complexity index is 430. The molecule has 1 saturated heterocycles. The Labute approximate surface area is 127 Å². The highest BCUT2D eigenvalue weighted by molar-refractivity contribution is 8.00. The molecule has 20 heavy (non-hydrogen) atoms. The third-order valence-corrected chi connectivity index (χ3v) is 6.24. The van der Waals surface area contributed by atoms with Gasteiger partial charge in [0.05, 0.1) is 0 Å². The van der Waals surface area contributed by atoms with Crippen molar-refractivity contribution in [1.29, 1.82) is 0 Å². The molecule has 1 saturated carbocycles. The Morgan fingerprint density at radius 3 is 2.70 bits per heavy atom. The SMILES string of the molecule is CSC1(CN2CC(Cc3ccccc3)NCC2C)CC1. The molecule has 2 fully saturated rings. The van der Waals surface area contributed by atoms with Crippen molar-refractivity contribution in [2.75, 3.05) is 25.9 Å². The summed E-state index contributed by atoms with van der Waals surface area (Å²) in [6, 6.07) is 12.2. The number of rotatable bonds is 5. The zero-order valence-electron chi connectivity index (χ0n) is 12.6. The maximum absolute atomic E-state index is 3.72. The Kier molecular flexibility index (Phi) is 4.39. The first-order chi connectivity index (χ1) is 9.71. The van der Waals surface area contributed by atoms with Crippen LogP contribution in [0.25, 0.3) is 0 Å². The average Bonchev–Trinajstić information content (AvgIpc) is 3.24. The molecule has 2 nitrogen and oxygen atoms in total. The Hall–Kier alpha value is -0.510. The minimum atomic E-state index is 0.586. The quantitative estimate of drug-likeness (QED) is 0.898. The molecule has 0 aromatic heterocycles. The van der Waals surface area contributed by atoms with Crippen molar-refractivity contribution in [2.24, 2.45) is 0 Å². The van der Waals surface area contributed by atoms with E-state index in [0.717, 1.165) is 13.0 Å². The highest BCUT2D eigenvalue weighted by atomic mass is 32.2. The Morgan fingerprint density at radius 1 is 1.30 bits per heavy atom. The van der Waals surface area contributed by atoms with Gasteiger partial charge in [-0.1, -0.05) is 30.3 Å². The number of hydrogen-bond acceptors (Lipinski definition) is 3. The fraction of sp³-hybridized carbons (Fsp3) is 0.647. The molecular weight excluding hydrogens is 264 g/mol. The lowest BCUT2D eigenvalue weighted by Crippen LogP contribution is -2.57. The fourth-order valence-corrected chi connectivity index (χ4v) is 3.99. The molecule has 1 heterocycles. The predicted molar refractivity (Wildman–Crippen MR) is 88.5 cm³/mol. The van der Waals surface area contributed by atoms with Gasteiger partial charge in [-0.25, -0.2) is 0 Å². The normalized spacial score (nSPS) is 29.3. The highest BCUT2D eigenvalue weighted by Gasteiger charge is 2.44. The van der Waals surface area contributed by atoms with Crippen LogP contribution in [0.2, 0.25) is 0 Å². The van der Waals surface area contributed by atoms with E-state index in [9.17, 15) is 0 Å². The van der Waals surface area contributed by atoms with E-state index in [1.54, 1.807) is 0 Å². The van der Waals surface area contributed by atoms with Gasteiger partial charge in [-0.3, -0.25) is 4.90 Å². The van der Waals surface area contributed by atoms with E-state index >= 15 is 0 Å². The van der Waals surface area contributed by atoms with Crippen LogP contribution in [-0.4, -0.2) is 47.6 Å². The zero-order valence-corrected chi connectivity index (χ0v) is 13.5. The monoisotopic (exact) mass is 290 g/mol. The van der Waals surface area contributed by atoms with Crippen LogP contribution in [0.15, 0.2) is 30.3 Å². The molecule has 110 valence electrons. The van der Waals surface area contributed by atoms with Crippen molar-refractivity contribution in [3.05, 3.63) is 35.9 Å². The second-order valence-electron chi connectivity index (χ2n) is 6.46. The third kappa shape index (κ3) is 3.38. The first-order valence-electron chi connectivity index (χ1n) is 7.77. The molecule has 1 aliphatic carbocycles. The molecule has 0 bridgehead atoms. The largest absolute Gasteiger partial charge is 0.311 e.